The van der Waals surface area contributed by atoms with Gasteiger partial charge in [-0.3, -0.25) is 9.59 Å². The Hall–Kier alpha value is -2.18. The van der Waals surface area contributed by atoms with Gasteiger partial charge in [-0.05, 0) is 89.9 Å². The molecule has 0 fully saturated rings. The molecule has 6 nitrogen and oxygen atoms in total. The number of hydrogen-bond donors (Lipinski definition) is 3. The fraction of sp³-hybridized carbons (Fsp3) is 0.861. The van der Waals surface area contributed by atoms with Gasteiger partial charge in [0.15, 0.2) is 0 Å². The number of nitrogens with one attached hydrogen (secondary N) is 1. The standard InChI is InChI=1S/C72H135NO5/c1-3-5-7-9-11-13-15-17-19-21-23-29-32-36-40-44-48-52-56-60-64-70(75)69(68-74)73-71(76)65-61-57-53-49-45-41-37-33-30-27-25-24-26-28-31-35-39-43-47-51-55-59-63-67-78-72(77)66-62-58-54-50-46-42-38-34-22-20-18-16-14-12-10-8-6-4-2/h14,16,20,22,27,30,60,64,69-70,74-75H,3-13,15,17-19,21,23-26,28-29,31-59,61-63,65-68H2,1-2H3,(H,73,76)/b16-14-,22-20-,30-27-,64-60+. The zero-order chi connectivity index (χ0) is 56.4. The highest BCUT2D eigenvalue weighted by Gasteiger charge is 2.18. The first-order valence-electron chi connectivity index (χ1n) is 34.9. The van der Waals surface area contributed by atoms with Crippen LogP contribution in [0.2, 0.25) is 0 Å². The zero-order valence-corrected chi connectivity index (χ0v) is 52.4. The fourth-order valence-electron chi connectivity index (χ4n) is 10.7. The van der Waals surface area contributed by atoms with Gasteiger partial charge in [-0.25, -0.2) is 0 Å². The molecule has 3 N–H and O–H groups in total. The Morgan fingerprint density at radius 2 is 0.641 bits per heavy atom. The van der Waals surface area contributed by atoms with Crippen LogP contribution in [0.5, 0.6) is 0 Å². The molecule has 0 aliphatic rings. The number of aliphatic hydroxyl groups excluding tert-OH is 2. The summed E-state index contributed by atoms with van der Waals surface area (Å²) < 4.78 is 5.50. The molecule has 0 heterocycles. The average Bonchev–Trinajstić information content (AvgIpc) is 3.44. The molecule has 0 aromatic rings. The maximum atomic E-state index is 12.5. The number of aliphatic hydroxyl groups is 2. The van der Waals surface area contributed by atoms with E-state index in [0.717, 1.165) is 57.8 Å². The lowest BCUT2D eigenvalue weighted by molar-refractivity contribution is -0.143. The number of ether oxygens (including phenoxy) is 1. The average molecular weight is 1090 g/mol. The Morgan fingerprint density at radius 1 is 0.359 bits per heavy atom. The monoisotopic (exact) mass is 1090 g/mol. The molecule has 0 spiro atoms. The molecule has 2 unspecified atom stereocenters. The molecule has 0 bridgehead atoms. The van der Waals surface area contributed by atoms with Crippen LogP contribution in [-0.4, -0.2) is 47.4 Å². The summed E-state index contributed by atoms with van der Waals surface area (Å²) in [5.41, 5.74) is 0. The van der Waals surface area contributed by atoms with Gasteiger partial charge in [0, 0.05) is 12.8 Å². The third-order valence-electron chi connectivity index (χ3n) is 16.1. The van der Waals surface area contributed by atoms with Crippen LogP contribution >= 0.6 is 0 Å². The molecule has 6 heteroatoms. The lowest BCUT2D eigenvalue weighted by atomic mass is 10.0. The molecule has 1 amide bonds. The van der Waals surface area contributed by atoms with Crippen molar-refractivity contribution in [3.05, 3.63) is 48.6 Å². The van der Waals surface area contributed by atoms with E-state index in [4.69, 9.17) is 4.74 Å². The van der Waals surface area contributed by atoms with Crippen LogP contribution in [0.1, 0.15) is 373 Å². The summed E-state index contributed by atoms with van der Waals surface area (Å²) in [4.78, 5) is 24.6. The molecule has 0 aliphatic carbocycles. The SMILES string of the molecule is CCCCCC/C=C\C/C=C\CCCCCCCCCC(=O)OCCCCCCCCCCCCCC/C=C\CCCCCCCCCC(=O)NC(CO)C(O)/C=C/CCCCCCCCCCCCCCCCCCCC. The minimum absolute atomic E-state index is 0.00386. The number of hydrogen-bond acceptors (Lipinski definition) is 5. The van der Waals surface area contributed by atoms with Gasteiger partial charge in [0.1, 0.15) is 0 Å². The van der Waals surface area contributed by atoms with Gasteiger partial charge in [-0.2, -0.15) is 0 Å². The number of unbranched alkanes of at least 4 members (excludes halogenated alkanes) is 48. The number of carbonyl (C=O) groups is 2. The van der Waals surface area contributed by atoms with E-state index in [1.807, 2.05) is 6.08 Å². The topological polar surface area (TPSA) is 95.9 Å². The Kier molecular flexibility index (Phi) is 65.4. The normalized spacial score (nSPS) is 12.8. The van der Waals surface area contributed by atoms with Gasteiger partial charge in [-0.15, -0.1) is 0 Å². The third kappa shape index (κ3) is 63.0. The number of esters is 1. The number of carbonyl (C=O) groups excluding carboxylic acids is 2. The van der Waals surface area contributed by atoms with Gasteiger partial charge >= 0.3 is 5.97 Å². The van der Waals surface area contributed by atoms with Crippen molar-refractivity contribution in [2.45, 2.75) is 386 Å². The second kappa shape index (κ2) is 67.3. The van der Waals surface area contributed by atoms with Crippen LogP contribution in [0.25, 0.3) is 0 Å². The van der Waals surface area contributed by atoms with Crippen LogP contribution in [0.3, 0.4) is 0 Å². The summed E-state index contributed by atoms with van der Waals surface area (Å²) in [6.45, 7) is 4.91. The summed E-state index contributed by atoms with van der Waals surface area (Å²) in [5.74, 6) is -0.0679. The van der Waals surface area contributed by atoms with Crippen molar-refractivity contribution < 1.29 is 24.5 Å². The van der Waals surface area contributed by atoms with Crippen LogP contribution < -0.4 is 5.32 Å². The Balaban J connectivity index is 3.44. The third-order valence-corrected chi connectivity index (χ3v) is 16.1. The minimum Gasteiger partial charge on any atom is -0.466 e. The first-order chi connectivity index (χ1) is 38.5. The molecule has 0 saturated heterocycles. The summed E-state index contributed by atoms with van der Waals surface area (Å²) in [6.07, 6.45) is 87.5. The highest BCUT2D eigenvalue weighted by molar-refractivity contribution is 5.76. The van der Waals surface area contributed by atoms with Gasteiger partial charge in [-0.1, -0.05) is 319 Å². The molecule has 78 heavy (non-hydrogen) atoms. The second-order valence-electron chi connectivity index (χ2n) is 23.9. The quantitative estimate of drug-likeness (QED) is 0.0320. The minimum atomic E-state index is -0.850. The summed E-state index contributed by atoms with van der Waals surface area (Å²) in [6, 6.07) is -0.634. The van der Waals surface area contributed by atoms with E-state index in [-0.39, 0.29) is 18.5 Å². The summed E-state index contributed by atoms with van der Waals surface area (Å²) in [5, 5.41) is 23.2. The number of rotatable bonds is 65. The van der Waals surface area contributed by atoms with Crippen molar-refractivity contribution >= 4 is 11.9 Å². The highest BCUT2D eigenvalue weighted by Crippen LogP contribution is 2.18. The van der Waals surface area contributed by atoms with Crippen molar-refractivity contribution in [1.29, 1.82) is 0 Å². The van der Waals surface area contributed by atoms with Crippen molar-refractivity contribution in [1.82, 2.24) is 5.32 Å². The predicted molar refractivity (Wildman–Crippen MR) is 342 cm³/mol. The molecule has 2 atom stereocenters. The maximum absolute atomic E-state index is 12.5. The van der Waals surface area contributed by atoms with Crippen LogP contribution in [0.4, 0.5) is 0 Å². The Labute approximate surface area is 486 Å². The summed E-state index contributed by atoms with van der Waals surface area (Å²) in [7, 11) is 0. The lowest BCUT2D eigenvalue weighted by Crippen LogP contribution is -2.45. The van der Waals surface area contributed by atoms with Crippen molar-refractivity contribution in [2.24, 2.45) is 0 Å². The second-order valence-corrected chi connectivity index (χ2v) is 23.9. The van der Waals surface area contributed by atoms with Crippen LogP contribution in [0.15, 0.2) is 48.6 Å². The summed E-state index contributed by atoms with van der Waals surface area (Å²) >= 11 is 0. The molecule has 0 radical (unpaired) electrons. The number of amides is 1. The van der Waals surface area contributed by atoms with Gasteiger partial charge in [0.05, 0.1) is 25.4 Å². The van der Waals surface area contributed by atoms with E-state index in [9.17, 15) is 19.8 Å². The molecule has 0 rings (SSSR count). The van der Waals surface area contributed by atoms with Gasteiger partial charge < -0.3 is 20.3 Å². The first-order valence-corrected chi connectivity index (χ1v) is 34.9. The smallest absolute Gasteiger partial charge is 0.305 e. The Bertz CT molecular complexity index is 1310. The van der Waals surface area contributed by atoms with Gasteiger partial charge in [0.2, 0.25) is 5.91 Å². The van der Waals surface area contributed by atoms with Crippen LogP contribution in [-0.2, 0) is 14.3 Å². The molecular formula is C72H135NO5. The van der Waals surface area contributed by atoms with E-state index < -0.39 is 12.1 Å². The largest absolute Gasteiger partial charge is 0.466 e. The van der Waals surface area contributed by atoms with E-state index in [1.165, 1.54) is 289 Å². The predicted octanol–water partition coefficient (Wildman–Crippen LogP) is 22.5. The maximum Gasteiger partial charge on any atom is 0.305 e. The van der Waals surface area contributed by atoms with E-state index >= 15 is 0 Å². The zero-order valence-electron chi connectivity index (χ0n) is 52.4. The molecule has 0 saturated carbocycles. The van der Waals surface area contributed by atoms with Crippen molar-refractivity contribution in [3.63, 3.8) is 0 Å². The molecular weight excluding hydrogens is 959 g/mol. The molecule has 0 aromatic carbocycles. The number of allylic oxidation sites excluding steroid dienone is 7. The van der Waals surface area contributed by atoms with Crippen molar-refractivity contribution in [2.75, 3.05) is 13.2 Å². The molecule has 458 valence electrons. The first kappa shape index (κ1) is 75.8. The van der Waals surface area contributed by atoms with Crippen molar-refractivity contribution in [3.8, 4) is 0 Å². The van der Waals surface area contributed by atoms with E-state index in [2.05, 4.69) is 55.6 Å². The molecule has 0 aromatic heterocycles. The highest BCUT2D eigenvalue weighted by atomic mass is 16.5. The van der Waals surface area contributed by atoms with E-state index in [1.54, 1.807) is 6.08 Å². The van der Waals surface area contributed by atoms with Crippen LogP contribution in [0, 0.1) is 0 Å². The van der Waals surface area contributed by atoms with Gasteiger partial charge in [0.25, 0.3) is 0 Å². The molecule has 0 aliphatic heterocycles. The van der Waals surface area contributed by atoms with E-state index in [0.29, 0.717) is 19.4 Å². The fourth-order valence-corrected chi connectivity index (χ4v) is 10.7. The lowest BCUT2D eigenvalue weighted by Gasteiger charge is -2.20. The Morgan fingerprint density at radius 3 is 1.00 bits per heavy atom.